The Morgan fingerprint density at radius 1 is 1.70 bits per heavy atom. The minimum absolute atomic E-state index is 0.0833. The van der Waals surface area contributed by atoms with Gasteiger partial charge in [-0.25, -0.2) is 0 Å². The topological polar surface area (TPSA) is 138 Å². The Morgan fingerprint density at radius 2 is 1.80 bits per heavy atom. The van der Waals surface area contributed by atoms with Crippen LogP contribution in [-0.4, -0.2) is 23.1 Å². The van der Waals surface area contributed by atoms with Crippen LogP contribution in [0.5, 0.6) is 0 Å². The molecule has 1 unspecified atom stereocenters. The van der Waals surface area contributed by atoms with Crippen LogP contribution in [0, 0.1) is 0 Å². The van der Waals surface area contributed by atoms with Crippen LogP contribution in [0.3, 0.4) is 0 Å². The van der Waals surface area contributed by atoms with E-state index in [-0.39, 0.29) is 5.96 Å². The molecule has 0 aliphatic heterocycles. The number of aliphatic carboxylic acids is 1. The van der Waals surface area contributed by atoms with Crippen molar-refractivity contribution in [2.24, 2.45) is 11.5 Å². The molecule has 0 saturated carbocycles. The van der Waals surface area contributed by atoms with E-state index < -0.39 is 12.1 Å². The van der Waals surface area contributed by atoms with Crippen LogP contribution < -0.4 is 22.0 Å². The standard InChI is InChI=1S/C3H6O3.CH5N3/c1-2(4)3(5)6;2-1(3)4/h2,4H,1H3,(H,5,6);(H5,2,3,4). The molecule has 0 saturated heterocycles. The van der Waals surface area contributed by atoms with E-state index in [4.69, 9.17) is 5.11 Å². The van der Waals surface area contributed by atoms with Crippen molar-refractivity contribution in [1.29, 1.82) is 0 Å². The first-order valence-electron chi connectivity index (χ1n) is 2.40. The molecule has 0 aliphatic carbocycles. The van der Waals surface area contributed by atoms with E-state index in [9.17, 15) is 9.90 Å². The molecule has 0 amide bonds. The summed E-state index contributed by atoms with van der Waals surface area (Å²) in [4.78, 5) is 9.34. The summed E-state index contributed by atoms with van der Waals surface area (Å²) >= 11 is 0. The number of nitrogens with two attached hydrogens (primary N) is 3. The Balaban J connectivity index is 0. The average molecular weight is 149 g/mol. The van der Waals surface area contributed by atoms with Gasteiger partial charge in [0.15, 0.2) is 0 Å². The summed E-state index contributed by atoms with van der Waals surface area (Å²) < 4.78 is 0. The van der Waals surface area contributed by atoms with Gasteiger partial charge in [0.2, 0.25) is 0 Å². The molecule has 10 heavy (non-hydrogen) atoms. The molecule has 0 rings (SSSR count). The van der Waals surface area contributed by atoms with Gasteiger partial charge < -0.3 is 15.0 Å². The average Bonchev–Trinajstić information content (AvgIpc) is 1.63. The number of carboxylic acid groups (broad SMARTS) is 1. The predicted molar refractivity (Wildman–Crippen MR) is 32.0 cm³/mol. The molecule has 0 radical (unpaired) electrons. The SMILES string of the molecule is CC(O)C(=O)[O-].NC(N)=[NH2+]. The van der Waals surface area contributed by atoms with Crippen molar-refractivity contribution in [3.8, 4) is 0 Å². The van der Waals surface area contributed by atoms with E-state index in [0.29, 0.717) is 0 Å². The first-order valence-corrected chi connectivity index (χ1v) is 2.40. The van der Waals surface area contributed by atoms with Crippen molar-refractivity contribution in [1.82, 2.24) is 0 Å². The Hall–Kier alpha value is -1.30. The van der Waals surface area contributed by atoms with Crippen LogP contribution in [0.1, 0.15) is 6.92 Å². The number of rotatable bonds is 1. The fourth-order valence-electron chi connectivity index (χ4n) is 0. The van der Waals surface area contributed by atoms with Gasteiger partial charge in [0.25, 0.3) is 0 Å². The molecule has 0 aromatic rings. The van der Waals surface area contributed by atoms with E-state index in [1.165, 1.54) is 0 Å². The molecule has 7 N–H and O–H groups in total. The van der Waals surface area contributed by atoms with Gasteiger partial charge >= 0.3 is 5.96 Å². The van der Waals surface area contributed by atoms with Crippen LogP contribution >= 0.6 is 0 Å². The molecule has 0 aliphatic rings. The first kappa shape index (κ1) is 11.5. The van der Waals surface area contributed by atoms with E-state index in [2.05, 4.69) is 16.9 Å². The molecule has 0 spiro atoms. The molecule has 0 aromatic carbocycles. The summed E-state index contributed by atoms with van der Waals surface area (Å²) in [5, 5.41) is 21.9. The van der Waals surface area contributed by atoms with Gasteiger partial charge in [0.1, 0.15) is 0 Å². The zero-order valence-electron chi connectivity index (χ0n) is 5.57. The van der Waals surface area contributed by atoms with Gasteiger partial charge in [0.05, 0.1) is 12.1 Å². The van der Waals surface area contributed by atoms with Crippen LogP contribution in [0.15, 0.2) is 0 Å². The van der Waals surface area contributed by atoms with Crippen LogP contribution in [0.2, 0.25) is 0 Å². The Labute approximate surface area is 58.0 Å². The Kier molecular flexibility index (Phi) is 6.70. The molecular formula is C4H11N3O3. The maximum Gasteiger partial charge on any atom is 0.336 e. The Bertz CT molecular complexity index is 119. The van der Waals surface area contributed by atoms with Gasteiger partial charge in [-0.05, 0) is 6.92 Å². The maximum absolute atomic E-state index is 9.34. The molecule has 6 nitrogen and oxygen atoms in total. The molecule has 0 bridgehead atoms. The van der Waals surface area contributed by atoms with Crippen molar-refractivity contribution in [3.63, 3.8) is 0 Å². The van der Waals surface area contributed by atoms with Crippen molar-refractivity contribution in [2.75, 3.05) is 0 Å². The lowest BCUT2D eigenvalue weighted by molar-refractivity contribution is -0.314. The second-order valence-corrected chi connectivity index (χ2v) is 1.50. The third-order valence-corrected chi connectivity index (χ3v) is 0.341. The number of carboxylic acids is 1. The number of hydrogen-bond donors (Lipinski definition) is 4. The number of aliphatic hydroxyl groups is 1. The number of carbonyl (C=O) groups is 1. The number of hydrogen-bond acceptors (Lipinski definition) is 3. The lowest BCUT2D eigenvalue weighted by atomic mass is 10.4. The Morgan fingerprint density at radius 3 is 1.80 bits per heavy atom. The van der Waals surface area contributed by atoms with E-state index in [1.807, 2.05) is 0 Å². The predicted octanol–water partition coefficient (Wildman–Crippen LogP) is -4.86. The zero-order valence-corrected chi connectivity index (χ0v) is 5.57. The third kappa shape index (κ3) is 29.9. The van der Waals surface area contributed by atoms with Crippen molar-refractivity contribution < 1.29 is 20.4 Å². The third-order valence-electron chi connectivity index (χ3n) is 0.341. The van der Waals surface area contributed by atoms with Gasteiger partial charge in [-0.1, -0.05) is 0 Å². The summed E-state index contributed by atoms with van der Waals surface area (Å²) in [5.41, 5.74) is 9.17. The summed E-state index contributed by atoms with van der Waals surface area (Å²) in [7, 11) is 0. The van der Waals surface area contributed by atoms with E-state index in [0.717, 1.165) is 6.92 Å². The number of aliphatic hydroxyl groups excluding tert-OH is 1. The van der Waals surface area contributed by atoms with Gasteiger partial charge in [-0.3, -0.25) is 16.9 Å². The summed E-state index contributed by atoms with van der Waals surface area (Å²) in [6.07, 6.45) is -1.34. The summed E-state index contributed by atoms with van der Waals surface area (Å²) in [5.74, 6) is -1.52. The van der Waals surface area contributed by atoms with Gasteiger partial charge in [-0.15, -0.1) is 0 Å². The minimum Gasteiger partial charge on any atom is -0.547 e. The highest BCUT2D eigenvalue weighted by atomic mass is 16.4. The largest absolute Gasteiger partial charge is 0.547 e. The van der Waals surface area contributed by atoms with E-state index >= 15 is 0 Å². The van der Waals surface area contributed by atoms with Crippen molar-refractivity contribution in [2.45, 2.75) is 13.0 Å². The zero-order chi connectivity index (χ0) is 8.73. The highest BCUT2D eigenvalue weighted by Gasteiger charge is 1.89. The van der Waals surface area contributed by atoms with Crippen molar-refractivity contribution in [3.05, 3.63) is 0 Å². The van der Waals surface area contributed by atoms with Crippen LogP contribution in [0.4, 0.5) is 0 Å². The van der Waals surface area contributed by atoms with E-state index in [1.54, 1.807) is 0 Å². The maximum atomic E-state index is 9.34. The van der Waals surface area contributed by atoms with Crippen LogP contribution in [-0.2, 0) is 4.79 Å². The molecule has 6 heteroatoms. The first-order chi connectivity index (χ1) is 4.37. The highest BCUT2D eigenvalue weighted by Crippen LogP contribution is 1.69. The molecule has 1 atom stereocenters. The molecule has 0 fully saturated rings. The second-order valence-electron chi connectivity index (χ2n) is 1.50. The summed E-state index contributed by atoms with van der Waals surface area (Å²) in [6.45, 7) is 1.13. The van der Waals surface area contributed by atoms with Gasteiger partial charge in [-0.2, -0.15) is 0 Å². The monoisotopic (exact) mass is 149 g/mol. The smallest absolute Gasteiger partial charge is 0.336 e. The molecule has 0 heterocycles. The highest BCUT2D eigenvalue weighted by molar-refractivity contribution is 5.68. The quantitative estimate of drug-likeness (QED) is 0.219. The lowest BCUT2D eigenvalue weighted by Gasteiger charge is -2.00. The molecule has 0 aromatic heterocycles. The number of carbonyl (C=O) groups excluding carboxylic acids is 1. The van der Waals surface area contributed by atoms with Crippen molar-refractivity contribution >= 4 is 11.9 Å². The lowest BCUT2D eigenvalue weighted by Crippen LogP contribution is -2.51. The molecule has 60 valence electrons. The summed E-state index contributed by atoms with van der Waals surface area (Å²) in [6, 6.07) is 0. The van der Waals surface area contributed by atoms with Gasteiger partial charge in [0, 0.05) is 0 Å². The minimum atomic E-state index is -1.44. The number of guanidine groups is 1. The normalized spacial score (nSPS) is 10.6. The second kappa shape index (κ2) is 5.83. The fraction of sp³-hybridized carbons (Fsp3) is 0.500. The van der Waals surface area contributed by atoms with Crippen LogP contribution in [0.25, 0.3) is 0 Å². The molecular weight excluding hydrogens is 138 g/mol. The fourth-order valence-corrected chi connectivity index (χ4v) is 0.